The summed E-state index contributed by atoms with van der Waals surface area (Å²) in [5.41, 5.74) is -0.719. The summed E-state index contributed by atoms with van der Waals surface area (Å²) in [6.45, 7) is -0.519. The van der Waals surface area contributed by atoms with Crippen LogP contribution in [-0.2, 0) is 25.1 Å². The van der Waals surface area contributed by atoms with Crippen molar-refractivity contribution in [3.05, 3.63) is 156 Å². The number of halogens is 3. The summed E-state index contributed by atoms with van der Waals surface area (Å²) in [5, 5.41) is 2.69. The highest BCUT2D eigenvalue weighted by atomic mass is 19.4. The minimum Gasteiger partial charge on any atom is -0.459 e. The number of carbonyl (C=O) groups excluding carboxylic acids is 4. The zero-order chi connectivity index (χ0) is 38.5. The van der Waals surface area contributed by atoms with Gasteiger partial charge in [0.1, 0.15) is 19.0 Å². The number of carbonyl (C=O) groups is 4. The first-order chi connectivity index (χ1) is 26.6. The van der Waals surface area contributed by atoms with Crippen LogP contribution in [0.15, 0.2) is 128 Å². The Morgan fingerprint density at radius 2 is 1.27 bits per heavy atom. The van der Waals surface area contributed by atoms with Crippen molar-refractivity contribution < 1.29 is 51.3 Å². The number of benzene rings is 4. The summed E-state index contributed by atoms with van der Waals surface area (Å²) in [6.07, 6.45) is -8.20. The second kappa shape index (κ2) is 15.6. The van der Waals surface area contributed by atoms with Crippen LogP contribution in [0, 0.1) is 0 Å². The molecule has 1 N–H and O–H groups in total. The Hall–Kier alpha value is -6.94. The number of rotatable bonds is 10. The molecule has 1 aliphatic rings. The molecule has 2 aromatic heterocycles. The maximum atomic E-state index is 13.7. The number of nitrogens with zero attached hydrogens (tertiary/aromatic N) is 4. The number of hydrogen-bond acceptors (Lipinski definition) is 11. The van der Waals surface area contributed by atoms with Gasteiger partial charge in [-0.25, -0.2) is 29.3 Å². The van der Waals surface area contributed by atoms with E-state index in [9.17, 15) is 32.3 Å². The smallest absolute Gasteiger partial charge is 0.416 e. The third kappa shape index (κ3) is 8.03. The molecule has 1 saturated heterocycles. The van der Waals surface area contributed by atoms with E-state index in [1.54, 1.807) is 66.7 Å². The first kappa shape index (κ1) is 36.4. The Labute approximate surface area is 309 Å². The quantitative estimate of drug-likeness (QED) is 0.124. The number of anilines is 1. The second-order valence-corrected chi connectivity index (χ2v) is 12.1. The number of ether oxygens (including phenoxy) is 4. The molecule has 4 atom stereocenters. The molecule has 0 bridgehead atoms. The summed E-state index contributed by atoms with van der Waals surface area (Å²) in [7, 11) is 0. The van der Waals surface area contributed by atoms with E-state index in [0.717, 1.165) is 24.5 Å². The highest BCUT2D eigenvalue weighted by Gasteiger charge is 2.52. The molecule has 55 heavy (non-hydrogen) atoms. The molecule has 16 heteroatoms. The summed E-state index contributed by atoms with van der Waals surface area (Å²) in [6, 6.07) is 27.8. The second-order valence-electron chi connectivity index (χ2n) is 12.1. The fourth-order valence-corrected chi connectivity index (χ4v) is 5.83. The fourth-order valence-electron chi connectivity index (χ4n) is 5.83. The number of alkyl halides is 3. The largest absolute Gasteiger partial charge is 0.459 e. The topological polar surface area (TPSA) is 161 Å². The number of nitrogens with one attached hydrogen (secondary N) is 1. The molecule has 1 amide bonds. The lowest BCUT2D eigenvalue weighted by molar-refractivity contribution is -0.137. The van der Waals surface area contributed by atoms with Crippen molar-refractivity contribution in [3.8, 4) is 0 Å². The van der Waals surface area contributed by atoms with E-state index in [0.29, 0.717) is 11.6 Å². The van der Waals surface area contributed by atoms with Crippen LogP contribution >= 0.6 is 0 Å². The molecule has 0 radical (unpaired) electrons. The number of amides is 1. The van der Waals surface area contributed by atoms with E-state index >= 15 is 0 Å². The van der Waals surface area contributed by atoms with E-state index < -0.39 is 72.3 Å². The van der Waals surface area contributed by atoms with Crippen molar-refractivity contribution in [2.75, 3.05) is 11.9 Å². The summed E-state index contributed by atoms with van der Waals surface area (Å²) in [4.78, 5) is 66.0. The van der Waals surface area contributed by atoms with Crippen LogP contribution in [0.5, 0.6) is 0 Å². The zero-order valence-corrected chi connectivity index (χ0v) is 28.3. The molecule has 6 aromatic rings. The number of esters is 3. The third-order valence-corrected chi connectivity index (χ3v) is 8.50. The predicted octanol–water partition coefficient (Wildman–Crippen LogP) is 6.30. The molecule has 4 aromatic carbocycles. The molecule has 1 aliphatic heterocycles. The Morgan fingerprint density at radius 1 is 0.691 bits per heavy atom. The zero-order valence-electron chi connectivity index (χ0n) is 28.3. The normalized spacial score (nSPS) is 18.0. The van der Waals surface area contributed by atoms with E-state index in [1.165, 1.54) is 35.2 Å². The van der Waals surface area contributed by atoms with Gasteiger partial charge in [-0.15, -0.1) is 0 Å². The Morgan fingerprint density at radius 3 is 1.93 bits per heavy atom. The van der Waals surface area contributed by atoms with Crippen molar-refractivity contribution >= 4 is 40.8 Å². The van der Waals surface area contributed by atoms with Crippen LogP contribution in [0.2, 0.25) is 0 Å². The lowest BCUT2D eigenvalue weighted by Gasteiger charge is -2.25. The first-order valence-electron chi connectivity index (χ1n) is 16.6. The Bertz CT molecular complexity index is 2340. The monoisotopic (exact) mass is 751 g/mol. The van der Waals surface area contributed by atoms with Gasteiger partial charge in [0.05, 0.1) is 28.6 Å². The van der Waals surface area contributed by atoms with Crippen molar-refractivity contribution in [3.63, 3.8) is 0 Å². The summed E-state index contributed by atoms with van der Waals surface area (Å²) < 4.78 is 65.8. The molecule has 13 nitrogen and oxygen atoms in total. The van der Waals surface area contributed by atoms with Gasteiger partial charge in [0.25, 0.3) is 5.91 Å². The van der Waals surface area contributed by atoms with Crippen molar-refractivity contribution in [2.24, 2.45) is 0 Å². The molecule has 0 aliphatic carbocycles. The molecule has 0 spiro atoms. The van der Waals surface area contributed by atoms with Crippen LogP contribution in [-0.4, -0.2) is 68.3 Å². The minimum atomic E-state index is -4.76. The fraction of sp³-hybridized carbons (Fsp3) is 0.154. The van der Waals surface area contributed by atoms with E-state index in [1.807, 2.05) is 0 Å². The van der Waals surface area contributed by atoms with Crippen molar-refractivity contribution in [1.29, 1.82) is 0 Å². The van der Waals surface area contributed by atoms with E-state index in [4.69, 9.17) is 18.9 Å². The van der Waals surface area contributed by atoms with Gasteiger partial charge in [0.2, 0.25) is 0 Å². The molecular weight excluding hydrogens is 723 g/mol. The molecule has 3 heterocycles. The average Bonchev–Trinajstić information content (AvgIpc) is 3.79. The maximum Gasteiger partial charge on any atom is 0.416 e. The van der Waals surface area contributed by atoms with Gasteiger partial charge < -0.3 is 24.3 Å². The standard InChI is InChI=1S/C39H28F3N5O8/c40-39(41,42)27-18-10-17-26(19-27)38(51)55-31-30(54-37(50)25-15-8-3-9-16-25)28(20-52-36(49)24-13-6-2-7-14-24)53-35(31)47-22-45-29-32(43-21-44-33(29)47)46-34(48)23-11-4-1-5-12-23/h1-19,21-22,28,30-31,35H,20H2,(H,43,44,46,48)/t28-,30-,31-,35-/m1/s1. The van der Waals surface area contributed by atoms with Crippen molar-refractivity contribution in [1.82, 2.24) is 19.5 Å². The van der Waals surface area contributed by atoms with Gasteiger partial charge in [-0.2, -0.15) is 13.2 Å². The molecule has 0 unspecified atom stereocenters. The van der Waals surface area contributed by atoms with Crippen LogP contribution in [0.4, 0.5) is 19.0 Å². The number of imidazole rings is 1. The Balaban J connectivity index is 1.27. The van der Waals surface area contributed by atoms with Crippen LogP contribution in [0.1, 0.15) is 53.2 Å². The summed E-state index contributed by atoms with van der Waals surface area (Å²) in [5.74, 6) is -3.28. The van der Waals surface area contributed by atoms with Crippen LogP contribution < -0.4 is 5.32 Å². The molecule has 278 valence electrons. The third-order valence-electron chi connectivity index (χ3n) is 8.50. The molecule has 0 saturated carbocycles. The molecule has 1 fully saturated rings. The van der Waals surface area contributed by atoms with Gasteiger partial charge in [0, 0.05) is 5.56 Å². The predicted molar refractivity (Wildman–Crippen MR) is 187 cm³/mol. The lowest BCUT2D eigenvalue weighted by Crippen LogP contribution is -2.41. The van der Waals surface area contributed by atoms with Crippen LogP contribution in [0.3, 0.4) is 0 Å². The van der Waals surface area contributed by atoms with Gasteiger partial charge >= 0.3 is 24.1 Å². The molecule has 7 rings (SSSR count). The van der Waals surface area contributed by atoms with Crippen LogP contribution in [0.25, 0.3) is 11.2 Å². The first-order valence-corrected chi connectivity index (χ1v) is 16.6. The van der Waals surface area contributed by atoms with Crippen molar-refractivity contribution in [2.45, 2.75) is 30.7 Å². The number of hydrogen-bond donors (Lipinski definition) is 1. The SMILES string of the molecule is O=C(Nc1ncnc2c1ncn2[C@@H]1O[C@H](COC(=O)c2ccccc2)[C@@H](OC(=O)c2ccccc2)[C@H]1OC(=O)c1cccc(C(F)(F)F)c1)c1ccccc1. The molecular formula is C39H28F3N5O8. The van der Waals surface area contributed by atoms with E-state index in [2.05, 4.69) is 20.3 Å². The van der Waals surface area contributed by atoms with Gasteiger partial charge in [-0.3, -0.25) is 9.36 Å². The highest BCUT2D eigenvalue weighted by molar-refractivity contribution is 6.06. The van der Waals surface area contributed by atoms with Gasteiger partial charge in [0.15, 0.2) is 35.4 Å². The minimum absolute atomic E-state index is 0.0218. The number of fused-ring (bicyclic) bond motifs is 1. The van der Waals surface area contributed by atoms with Gasteiger partial charge in [-0.1, -0.05) is 60.7 Å². The van der Waals surface area contributed by atoms with E-state index in [-0.39, 0.29) is 28.1 Å². The Kier molecular flexibility index (Phi) is 10.3. The van der Waals surface area contributed by atoms with Gasteiger partial charge in [-0.05, 0) is 54.6 Å². The lowest BCUT2D eigenvalue weighted by atomic mass is 10.1. The average molecular weight is 752 g/mol. The summed E-state index contributed by atoms with van der Waals surface area (Å²) >= 11 is 0. The number of aromatic nitrogens is 4. The maximum absolute atomic E-state index is 13.7. The highest BCUT2D eigenvalue weighted by Crippen LogP contribution is 2.38.